The summed E-state index contributed by atoms with van der Waals surface area (Å²) in [6, 6.07) is 9.53. The van der Waals surface area contributed by atoms with Crippen LogP contribution in [0.15, 0.2) is 24.3 Å². The van der Waals surface area contributed by atoms with Crippen molar-refractivity contribution in [2.24, 2.45) is 5.92 Å². The summed E-state index contributed by atoms with van der Waals surface area (Å²) in [4.78, 5) is 0. The zero-order chi connectivity index (χ0) is 11.8. The van der Waals surface area contributed by atoms with Gasteiger partial charge in [-0.05, 0) is 49.7 Å². The summed E-state index contributed by atoms with van der Waals surface area (Å²) in [7, 11) is 0. The molecule has 2 heteroatoms. The SMILES string of the molecule is Cc1ccccc1C(O)C1CC2CCC(C1)N2. The highest BCUT2D eigenvalue weighted by Gasteiger charge is 2.37. The highest BCUT2D eigenvalue weighted by atomic mass is 16.3. The molecule has 0 aromatic heterocycles. The maximum absolute atomic E-state index is 10.6. The summed E-state index contributed by atoms with van der Waals surface area (Å²) in [5.41, 5.74) is 2.34. The maximum atomic E-state index is 10.6. The van der Waals surface area contributed by atoms with Crippen LogP contribution in [-0.4, -0.2) is 17.2 Å². The monoisotopic (exact) mass is 231 g/mol. The Hall–Kier alpha value is -0.860. The topological polar surface area (TPSA) is 32.3 Å². The number of rotatable bonds is 2. The summed E-state index contributed by atoms with van der Waals surface area (Å²) in [6.45, 7) is 2.09. The number of benzene rings is 1. The molecule has 0 aliphatic carbocycles. The van der Waals surface area contributed by atoms with Gasteiger partial charge in [0.1, 0.15) is 0 Å². The van der Waals surface area contributed by atoms with Crippen LogP contribution in [-0.2, 0) is 0 Å². The zero-order valence-corrected chi connectivity index (χ0v) is 10.4. The molecule has 2 fully saturated rings. The molecule has 3 unspecified atom stereocenters. The van der Waals surface area contributed by atoms with Gasteiger partial charge >= 0.3 is 0 Å². The van der Waals surface area contributed by atoms with E-state index >= 15 is 0 Å². The molecule has 0 radical (unpaired) electrons. The van der Waals surface area contributed by atoms with E-state index < -0.39 is 0 Å². The van der Waals surface area contributed by atoms with Gasteiger partial charge in [-0.2, -0.15) is 0 Å². The Balaban J connectivity index is 1.78. The molecule has 2 bridgehead atoms. The second kappa shape index (κ2) is 4.43. The normalized spacial score (nSPS) is 33.6. The molecular weight excluding hydrogens is 210 g/mol. The summed E-state index contributed by atoms with van der Waals surface area (Å²) in [5, 5.41) is 14.2. The number of piperidine rings is 1. The van der Waals surface area contributed by atoms with Crippen molar-refractivity contribution in [3.63, 3.8) is 0 Å². The van der Waals surface area contributed by atoms with E-state index in [2.05, 4.69) is 24.4 Å². The number of aliphatic hydroxyl groups is 1. The lowest BCUT2D eigenvalue weighted by molar-refractivity contribution is 0.0755. The van der Waals surface area contributed by atoms with Gasteiger partial charge in [-0.3, -0.25) is 0 Å². The minimum Gasteiger partial charge on any atom is -0.388 e. The van der Waals surface area contributed by atoms with Crippen molar-refractivity contribution in [1.82, 2.24) is 5.32 Å². The van der Waals surface area contributed by atoms with Crippen molar-refractivity contribution in [2.75, 3.05) is 0 Å². The zero-order valence-electron chi connectivity index (χ0n) is 10.4. The van der Waals surface area contributed by atoms with Crippen molar-refractivity contribution in [3.05, 3.63) is 35.4 Å². The Labute approximate surface area is 103 Å². The fraction of sp³-hybridized carbons (Fsp3) is 0.600. The van der Waals surface area contributed by atoms with Gasteiger partial charge in [-0.15, -0.1) is 0 Å². The van der Waals surface area contributed by atoms with Crippen molar-refractivity contribution >= 4 is 0 Å². The quantitative estimate of drug-likeness (QED) is 0.820. The minimum absolute atomic E-state index is 0.276. The number of aliphatic hydroxyl groups excluding tert-OH is 1. The third kappa shape index (κ3) is 2.12. The lowest BCUT2D eigenvalue weighted by Crippen LogP contribution is -2.39. The molecule has 2 nitrogen and oxygen atoms in total. The molecule has 2 heterocycles. The molecule has 1 aromatic rings. The average Bonchev–Trinajstić information content (AvgIpc) is 2.68. The molecule has 2 aliphatic rings. The Bertz CT molecular complexity index is 392. The van der Waals surface area contributed by atoms with Gasteiger partial charge in [-0.25, -0.2) is 0 Å². The first-order valence-electron chi connectivity index (χ1n) is 6.73. The third-order valence-electron chi connectivity index (χ3n) is 4.46. The van der Waals surface area contributed by atoms with E-state index in [1.54, 1.807) is 0 Å². The standard InChI is InChI=1S/C15H21NO/c1-10-4-2-3-5-14(10)15(17)11-8-12-6-7-13(9-11)16-12/h2-5,11-13,15-17H,6-9H2,1H3. The van der Waals surface area contributed by atoms with Crippen LogP contribution in [0.5, 0.6) is 0 Å². The highest BCUT2D eigenvalue weighted by Crippen LogP contribution is 2.38. The predicted octanol–water partition coefficient (Wildman–Crippen LogP) is 2.56. The van der Waals surface area contributed by atoms with Gasteiger partial charge < -0.3 is 10.4 Å². The molecule has 0 amide bonds. The van der Waals surface area contributed by atoms with Gasteiger partial charge in [-0.1, -0.05) is 24.3 Å². The Kier molecular flexibility index (Phi) is 2.93. The second-order valence-corrected chi connectivity index (χ2v) is 5.67. The number of aryl methyl sites for hydroxylation is 1. The van der Waals surface area contributed by atoms with Gasteiger partial charge in [0.15, 0.2) is 0 Å². The van der Waals surface area contributed by atoms with Gasteiger partial charge in [0.05, 0.1) is 6.10 Å². The molecule has 0 spiro atoms. The third-order valence-corrected chi connectivity index (χ3v) is 4.46. The van der Waals surface area contributed by atoms with Crippen LogP contribution in [0.2, 0.25) is 0 Å². The van der Waals surface area contributed by atoms with E-state index in [1.165, 1.54) is 18.4 Å². The molecule has 2 aliphatic heterocycles. The van der Waals surface area contributed by atoms with E-state index in [1.807, 2.05) is 12.1 Å². The van der Waals surface area contributed by atoms with E-state index in [9.17, 15) is 5.11 Å². The first-order valence-corrected chi connectivity index (χ1v) is 6.73. The fourth-order valence-electron chi connectivity index (χ4n) is 3.53. The summed E-state index contributed by atoms with van der Waals surface area (Å²) >= 11 is 0. The Morgan fingerprint density at radius 1 is 1.18 bits per heavy atom. The van der Waals surface area contributed by atoms with Crippen molar-refractivity contribution in [1.29, 1.82) is 0 Å². The van der Waals surface area contributed by atoms with E-state index in [0.29, 0.717) is 18.0 Å². The van der Waals surface area contributed by atoms with Gasteiger partial charge in [0, 0.05) is 12.1 Å². The van der Waals surface area contributed by atoms with Gasteiger partial charge in [0.2, 0.25) is 0 Å². The largest absolute Gasteiger partial charge is 0.388 e. The Morgan fingerprint density at radius 2 is 1.82 bits per heavy atom. The Morgan fingerprint density at radius 3 is 2.47 bits per heavy atom. The highest BCUT2D eigenvalue weighted by molar-refractivity contribution is 5.28. The van der Waals surface area contributed by atoms with Crippen LogP contribution in [0.1, 0.15) is 42.9 Å². The van der Waals surface area contributed by atoms with Crippen LogP contribution in [0.4, 0.5) is 0 Å². The second-order valence-electron chi connectivity index (χ2n) is 5.67. The molecule has 2 N–H and O–H groups in total. The minimum atomic E-state index is -0.276. The number of fused-ring (bicyclic) bond motifs is 2. The molecule has 92 valence electrons. The van der Waals surface area contributed by atoms with Crippen LogP contribution in [0.3, 0.4) is 0 Å². The first kappa shape index (κ1) is 11.2. The van der Waals surface area contributed by atoms with E-state index in [0.717, 1.165) is 18.4 Å². The van der Waals surface area contributed by atoms with Crippen LogP contribution in [0, 0.1) is 12.8 Å². The predicted molar refractivity (Wildman–Crippen MR) is 68.8 cm³/mol. The molecule has 17 heavy (non-hydrogen) atoms. The lowest BCUT2D eigenvalue weighted by Gasteiger charge is -2.33. The lowest BCUT2D eigenvalue weighted by atomic mass is 9.83. The molecular formula is C15H21NO. The molecule has 2 saturated heterocycles. The van der Waals surface area contributed by atoms with E-state index in [-0.39, 0.29) is 6.10 Å². The van der Waals surface area contributed by atoms with Crippen LogP contribution in [0.25, 0.3) is 0 Å². The summed E-state index contributed by atoms with van der Waals surface area (Å²) in [5.74, 6) is 0.440. The van der Waals surface area contributed by atoms with Crippen molar-refractivity contribution in [2.45, 2.75) is 50.8 Å². The van der Waals surface area contributed by atoms with Gasteiger partial charge in [0.25, 0.3) is 0 Å². The van der Waals surface area contributed by atoms with Crippen molar-refractivity contribution < 1.29 is 5.11 Å². The first-order chi connectivity index (χ1) is 8.24. The molecule has 1 aromatic carbocycles. The summed E-state index contributed by atoms with van der Waals surface area (Å²) in [6.07, 6.45) is 4.57. The number of hydrogen-bond donors (Lipinski definition) is 2. The van der Waals surface area contributed by atoms with Crippen LogP contribution < -0.4 is 5.32 Å². The van der Waals surface area contributed by atoms with Crippen LogP contribution >= 0.6 is 0 Å². The average molecular weight is 231 g/mol. The number of hydrogen-bond acceptors (Lipinski definition) is 2. The van der Waals surface area contributed by atoms with E-state index in [4.69, 9.17) is 0 Å². The number of nitrogens with one attached hydrogen (secondary N) is 1. The van der Waals surface area contributed by atoms with Crippen molar-refractivity contribution in [3.8, 4) is 0 Å². The molecule has 0 saturated carbocycles. The molecule has 3 atom stereocenters. The smallest absolute Gasteiger partial charge is 0.0821 e. The summed E-state index contributed by atoms with van der Waals surface area (Å²) < 4.78 is 0. The fourth-order valence-corrected chi connectivity index (χ4v) is 3.53. The molecule has 3 rings (SSSR count). The maximum Gasteiger partial charge on any atom is 0.0821 e.